The van der Waals surface area contributed by atoms with Crippen molar-refractivity contribution in [1.29, 1.82) is 0 Å². The molecule has 1 saturated heterocycles. The van der Waals surface area contributed by atoms with Crippen molar-refractivity contribution in [2.75, 3.05) is 31.7 Å². The van der Waals surface area contributed by atoms with Crippen molar-refractivity contribution in [3.05, 3.63) is 18.2 Å². The molecule has 6 nitrogen and oxygen atoms in total. The lowest BCUT2D eigenvalue weighted by Gasteiger charge is -2.20. The summed E-state index contributed by atoms with van der Waals surface area (Å²) >= 11 is 0. The normalized spacial score (nSPS) is 24.9. The third kappa shape index (κ3) is 3.62. The third-order valence-electron chi connectivity index (χ3n) is 3.90. The van der Waals surface area contributed by atoms with Crippen molar-refractivity contribution in [3.63, 3.8) is 0 Å². The SMILES string of the molecule is CC1(CN=C(N)Nc2ccc3c(c2)OCCCO3)CCCO1. The number of guanidine groups is 1. The van der Waals surface area contributed by atoms with Crippen molar-refractivity contribution < 1.29 is 14.2 Å². The number of nitrogens with zero attached hydrogens (tertiary/aromatic N) is 1. The van der Waals surface area contributed by atoms with Gasteiger partial charge in [-0.05, 0) is 31.9 Å². The van der Waals surface area contributed by atoms with E-state index in [0.717, 1.165) is 43.1 Å². The van der Waals surface area contributed by atoms with Crippen molar-refractivity contribution in [2.45, 2.75) is 31.8 Å². The Morgan fingerprint density at radius 2 is 2.05 bits per heavy atom. The summed E-state index contributed by atoms with van der Waals surface area (Å²) in [7, 11) is 0. The number of hydrogen-bond donors (Lipinski definition) is 2. The molecule has 2 aliphatic rings. The molecular formula is C16H23N3O3. The number of fused-ring (bicyclic) bond motifs is 1. The highest BCUT2D eigenvalue weighted by molar-refractivity contribution is 5.92. The van der Waals surface area contributed by atoms with Gasteiger partial charge in [0.05, 0.1) is 25.4 Å². The van der Waals surface area contributed by atoms with Crippen LogP contribution in [0.25, 0.3) is 0 Å². The van der Waals surface area contributed by atoms with Gasteiger partial charge in [-0.25, -0.2) is 0 Å². The standard InChI is InChI=1S/C16H23N3O3/c1-16(6-2-9-22-16)11-18-15(17)19-12-4-5-13-14(10-12)21-8-3-7-20-13/h4-5,10H,2-3,6-9,11H2,1H3,(H3,17,18,19). The van der Waals surface area contributed by atoms with E-state index >= 15 is 0 Å². The fraction of sp³-hybridized carbons (Fsp3) is 0.562. The second-order valence-electron chi connectivity index (χ2n) is 5.94. The van der Waals surface area contributed by atoms with Crippen LogP contribution in [0.2, 0.25) is 0 Å². The van der Waals surface area contributed by atoms with E-state index in [9.17, 15) is 0 Å². The highest BCUT2D eigenvalue weighted by Gasteiger charge is 2.29. The van der Waals surface area contributed by atoms with Gasteiger partial charge in [-0.2, -0.15) is 0 Å². The molecule has 1 aromatic carbocycles. The second-order valence-corrected chi connectivity index (χ2v) is 5.94. The largest absolute Gasteiger partial charge is 0.490 e. The van der Waals surface area contributed by atoms with Gasteiger partial charge in [0, 0.05) is 24.8 Å². The molecule has 120 valence electrons. The molecule has 1 atom stereocenters. The average Bonchev–Trinajstić information content (AvgIpc) is 2.80. The van der Waals surface area contributed by atoms with E-state index < -0.39 is 0 Å². The minimum Gasteiger partial charge on any atom is -0.490 e. The monoisotopic (exact) mass is 305 g/mol. The Kier molecular flexibility index (Phi) is 4.38. The van der Waals surface area contributed by atoms with Gasteiger partial charge >= 0.3 is 0 Å². The van der Waals surface area contributed by atoms with Gasteiger partial charge < -0.3 is 25.3 Å². The molecule has 1 fully saturated rings. The zero-order chi connectivity index (χ0) is 15.4. The predicted octanol–water partition coefficient (Wildman–Crippen LogP) is 2.14. The average molecular weight is 305 g/mol. The molecular weight excluding hydrogens is 282 g/mol. The van der Waals surface area contributed by atoms with Gasteiger partial charge in [0.25, 0.3) is 0 Å². The Hall–Kier alpha value is -1.95. The van der Waals surface area contributed by atoms with E-state index in [0.29, 0.717) is 25.7 Å². The Bertz CT molecular complexity index is 554. The number of ether oxygens (including phenoxy) is 3. The zero-order valence-corrected chi connectivity index (χ0v) is 12.9. The lowest BCUT2D eigenvalue weighted by Crippen LogP contribution is -2.30. The predicted molar refractivity (Wildman–Crippen MR) is 85.8 cm³/mol. The van der Waals surface area contributed by atoms with Crippen LogP contribution in [0, 0.1) is 0 Å². The molecule has 0 saturated carbocycles. The summed E-state index contributed by atoms with van der Waals surface area (Å²) in [5.74, 6) is 1.89. The summed E-state index contributed by atoms with van der Waals surface area (Å²) in [6.45, 7) is 4.79. The maximum atomic E-state index is 5.96. The summed E-state index contributed by atoms with van der Waals surface area (Å²) in [6, 6.07) is 5.68. The van der Waals surface area contributed by atoms with Gasteiger partial charge in [-0.1, -0.05) is 0 Å². The summed E-state index contributed by atoms with van der Waals surface area (Å²) in [5.41, 5.74) is 6.61. The summed E-state index contributed by atoms with van der Waals surface area (Å²) in [4.78, 5) is 4.39. The second kappa shape index (κ2) is 6.44. The van der Waals surface area contributed by atoms with Gasteiger partial charge in [0.2, 0.25) is 0 Å². The number of anilines is 1. The molecule has 2 heterocycles. The first-order chi connectivity index (χ1) is 10.6. The summed E-state index contributed by atoms with van der Waals surface area (Å²) in [5, 5.41) is 3.09. The van der Waals surface area contributed by atoms with Crippen LogP contribution in [0.3, 0.4) is 0 Å². The molecule has 6 heteroatoms. The van der Waals surface area contributed by atoms with E-state index in [-0.39, 0.29) is 5.60 Å². The lowest BCUT2D eigenvalue weighted by atomic mass is 10.0. The first-order valence-corrected chi connectivity index (χ1v) is 7.75. The topological polar surface area (TPSA) is 78.1 Å². The molecule has 1 aromatic rings. The van der Waals surface area contributed by atoms with Crippen LogP contribution in [-0.4, -0.2) is 37.9 Å². The molecule has 0 aromatic heterocycles. The maximum Gasteiger partial charge on any atom is 0.193 e. The molecule has 2 aliphatic heterocycles. The van der Waals surface area contributed by atoms with Gasteiger partial charge in [0.1, 0.15) is 0 Å². The number of rotatable bonds is 3. The maximum absolute atomic E-state index is 5.96. The van der Waals surface area contributed by atoms with Crippen LogP contribution in [0.15, 0.2) is 23.2 Å². The lowest BCUT2D eigenvalue weighted by molar-refractivity contribution is 0.0284. The molecule has 0 radical (unpaired) electrons. The quantitative estimate of drug-likeness (QED) is 0.661. The first-order valence-electron chi connectivity index (χ1n) is 7.75. The van der Waals surface area contributed by atoms with Crippen LogP contribution in [0.5, 0.6) is 11.5 Å². The molecule has 0 bridgehead atoms. The molecule has 0 spiro atoms. The zero-order valence-electron chi connectivity index (χ0n) is 12.9. The Morgan fingerprint density at radius 1 is 1.23 bits per heavy atom. The molecule has 0 amide bonds. The van der Waals surface area contributed by atoms with Crippen molar-refractivity contribution in [3.8, 4) is 11.5 Å². The molecule has 3 rings (SSSR count). The fourth-order valence-corrected chi connectivity index (χ4v) is 2.64. The van der Waals surface area contributed by atoms with Gasteiger partial charge in [-0.15, -0.1) is 0 Å². The van der Waals surface area contributed by atoms with Crippen LogP contribution in [-0.2, 0) is 4.74 Å². The third-order valence-corrected chi connectivity index (χ3v) is 3.90. The number of aliphatic imine (C=N–C) groups is 1. The van der Waals surface area contributed by atoms with Crippen LogP contribution >= 0.6 is 0 Å². The Labute approximate surface area is 130 Å². The number of hydrogen-bond acceptors (Lipinski definition) is 4. The van der Waals surface area contributed by atoms with E-state index in [1.54, 1.807) is 0 Å². The summed E-state index contributed by atoms with van der Waals surface area (Å²) < 4.78 is 17.0. The van der Waals surface area contributed by atoms with Crippen LogP contribution in [0.1, 0.15) is 26.2 Å². The van der Waals surface area contributed by atoms with Crippen molar-refractivity contribution >= 4 is 11.6 Å². The van der Waals surface area contributed by atoms with E-state index in [4.69, 9.17) is 19.9 Å². The highest BCUT2D eigenvalue weighted by Crippen LogP contribution is 2.32. The van der Waals surface area contributed by atoms with Gasteiger partial charge in [-0.3, -0.25) is 4.99 Å². The van der Waals surface area contributed by atoms with Crippen LogP contribution < -0.4 is 20.5 Å². The Morgan fingerprint density at radius 3 is 2.82 bits per heavy atom. The Balaban J connectivity index is 1.63. The minimum absolute atomic E-state index is 0.184. The smallest absolute Gasteiger partial charge is 0.193 e. The van der Waals surface area contributed by atoms with E-state index in [1.165, 1.54) is 0 Å². The first kappa shape index (κ1) is 15.0. The number of nitrogens with two attached hydrogens (primary N) is 1. The molecule has 1 unspecified atom stereocenters. The highest BCUT2D eigenvalue weighted by atomic mass is 16.5. The van der Waals surface area contributed by atoms with Crippen LogP contribution in [0.4, 0.5) is 5.69 Å². The van der Waals surface area contributed by atoms with E-state index in [1.807, 2.05) is 18.2 Å². The van der Waals surface area contributed by atoms with Crippen molar-refractivity contribution in [2.24, 2.45) is 10.7 Å². The molecule has 22 heavy (non-hydrogen) atoms. The minimum atomic E-state index is -0.184. The fourth-order valence-electron chi connectivity index (χ4n) is 2.64. The number of benzene rings is 1. The molecule has 3 N–H and O–H groups in total. The van der Waals surface area contributed by atoms with Crippen molar-refractivity contribution in [1.82, 2.24) is 0 Å². The van der Waals surface area contributed by atoms with E-state index in [2.05, 4.69) is 17.2 Å². The molecule has 0 aliphatic carbocycles. The number of nitrogens with one attached hydrogen (secondary N) is 1. The van der Waals surface area contributed by atoms with Gasteiger partial charge in [0.15, 0.2) is 17.5 Å². The summed E-state index contributed by atoms with van der Waals surface area (Å²) in [6.07, 6.45) is 2.99.